The van der Waals surface area contributed by atoms with Gasteiger partial charge in [0.2, 0.25) is 5.88 Å². The summed E-state index contributed by atoms with van der Waals surface area (Å²) in [5.74, 6) is -0.369. The van der Waals surface area contributed by atoms with Gasteiger partial charge in [-0.15, -0.1) is 0 Å². The van der Waals surface area contributed by atoms with E-state index in [9.17, 15) is 14.7 Å². The monoisotopic (exact) mass is 239 g/mol. The smallest absolute Gasteiger partial charge is 0.333 e. The van der Waals surface area contributed by atoms with Crippen molar-refractivity contribution in [2.45, 2.75) is 26.3 Å². The van der Waals surface area contributed by atoms with Gasteiger partial charge in [-0.05, 0) is 20.8 Å². The summed E-state index contributed by atoms with van der Waals surface area (Å²) in [5.41, 5.74) is -1.46. The average molecular weight is 239 g/mol. The first-order chi connectivity index (χ1) is 7.65. The molecule has 1 heterocycles. The molecule has 6 nitrogen and oxygen atoms in total. The molecule has 0 saturated heterocycles. The Balaban J connectivity index is 3.52. The van der Waals surface area contributed by atoms with Gasteiger partial charge in [-0.2, -0.15) is 0 Å². The lowest BCUT2D eigenvalue weighted by atomic mass is 10.1. The Morgan fingerprint density at radius 2 is 1.71 bits per heavy atom. The summed E-state index contributed by atoms with van der Waals surface area (Å²) in [6.07, 6.45) is 1.30. The molecule has 1 rings (SSSR count). The zero-order valence-electron chi connectivity index (χ0n) is 10.7. The second kappa shape index (κ2) is 4.20. The van der Waals surface area contributed by atoms with E-state index in [1.807, 2.05) is 20.8 Å². The van der Waals surface area contributed by atoms with Crippen LogP contribution in [0.15, 0.2) is 14.6 Å². The lowest BCUT2D eigenvalue weighted by Gasteiger charge is -2.12. The van der Waals surface area contributed by atoms with E-state index in [1.165, 1.54) is 20.3 Å². The minimum Gasteiger partial charge on any atom is -0.494 e. The quantitative estimate of drug-likeness (QED) is 0.701. The van der Waals surface area contributed by atoms with Crippen molar-refractivity contribution in [1.29, 1.82) is 0 Å². The van der Waals surface area contributed by atoms with Crippen molar-refractivity contribution in [2.24, 2.45) is 19.1 Å². The number of aliphatic imine (C=N–C) groups is 1. The predicted octanol–water partition coefficient (Wildman–Crippen LogP) is 0.00700. The molecule has 17 heavy (non-hydrogen) atoms. The standard InChI is InChI=1S/C11H17N3O3/c1-11(2,3)12-6-7-8(15)13(4)10(17)14(5)9(7)16/h6,15H,1-5H3. The van der Waals surface area contributed by atoms with Crippen molar-refractivity contribution in [2.75, 3.05) is 0 Å². The normalized spacial score (nSPS) is 12.3. The van der Waals surface area contributed by atoms with Crippen LogP contribution in [0, 0.1) is 0 Å². The molecule has 0 saturated carbocycles. The number of nitrogens with zero attached hydrogens (tertiary/aromatic N) is 3. The first kappa shape index (κ1) is 13.2. The van der Waals surface area contributed by atoms with Gasteiger partial charge in [0, 0.05) is 20.3 Å². The summed E-state index contributed by atoms with van der Waals surface area (Å²) in [6.45, 7) is 5.60. The lowest BCUT2D eigenvalue weighted by molar-refractivity contribution is 0.410. The highest BCUT2D eigenvalue weighted by molar-refractivity contribution is 5.82. The SMILES string of the molecule is Cn1c(O)c(C=NC(C)(C)C)c(=O)n(C)c1=O. The van der Waals surface area contributed by atoms with Gasteiger partial charge in [-0.1, -0.05) is 0 Å². The highest BCUT2D eigenvalue weighted by atomic mass is 16.3. The zero-order chi connectivity index (χ0) is 13.4. The van der Waals surface area contributed by atoms with Crippen LogP contribution < -0.4 is 11.2 Å². The molecular formula is C11H17N3O3. The van der Waals surface area contributed by atoms with Crippen LogP contribution in [0.25, 0.3) is 0 Å². The second-order valence-electron chi connectivity index (χ2n) is 4.87. The topological polar surface area (TPSA) is 76.6 Å². The zero-order valence-corrected chi connectivity index (χ0v) is 10.7. The van der Waals surface area contributed by atoms with E-state index in [2.05, 4.69) is 4.99 Å². The third kappa shape index (κ3) is 2.64. The third-order valence-electron chi connectivity index (χ3n) is 2.25. The summed E-state index contributed by atoms with van der Waals surface area (Å²) in [4.78, 5) is 27.4. The maximum absolute atomic E-state index is 11.8. The van der Waals surface area contributed by atoms with Gasteiger partial charge in [0.25, 0.3) is 5.56 Å². The van der Waals surface area contributed by atoms with Gasteiger partial charge in [0.05, 0.1) is 5.54 Å². The molecule has 1 aromatic rings. The molecular weight excluding hydrogens is 222 g/mol. The van der Waals surface area contributed by atoms with E-state index in [0.717, 1.165) is 9.13 Å². The Hall–Kier alpha value is -1.85. The van der Waals surface area contributed by atoms with E-state index >= 15 is 0 Å². The van der Waals surface area contributed by atoms with Gasteiger partial charge in [0.15, 0.2) is 0 Å². The minimum absolute atomic E-state index is 0.0181. The molecule has 1 N–H and O–H groups in total. The summed E-state index contributed by atoms with van der Waals surface area (Å²) in [5, 5.41) is 9.74. The molecule has 0 fully saturated rings. The van der Waals surface area contributed by atoms with E-state index < -0.39 is 11.2 Å². The van der Waals surface area contributed by atoms with Crippen LogP contribution in [0.3, 0.4) is 0 Å². The third-order valence-corrected chi connectivity index (χ3v) is 2.25. The highest BCUT2D eigenvalue weighted by Crippen LogP contribution is 2.10. The van der Waals surface area contributed by atoms with Crippen molar-refractivity contribution < 1.29 is 5.11 Å². The minimum atomic E-state index is -0.569. The highest BCUT2D eigenvalue weighted by Gasteiger charge is 2.14. The molecule has 0 radical (unpaired) electrons. The van der Waals surface area contributed by atoms with Gasteiger partial charge in [-0.3, -0.25) is 18.9 Å². The van der Waals surface area contributed by atoms with Gasteiger partial charge in [-0.25, -0.2) is 4.79 Å². The van der Waals surface area contributed by atoms with Gasteiger partial charge in [0.1, 0.15) is 5.56 Å². The Bertz CT molecular complexity index is 573. The van der Waals surface area contributed by atoms with Crippen LogP contribution in [-0.2, 0) is 14.1 Å². The molecule has 0 aliphatic rings. The number of aromatic hydroxyl groups is 1. The Morgan fingerprint density at radius 3 is 2.18 bits per heavy atom. The number of hydrogen-bond donors (Lipinski definition) is 1. The van der Waals surface area contributed by atoms with E-state index in [4.69, 9.17) is 0 Å². The number of aromatic nitrogens is 2. The summed E-state index contributed by atoms with van der Waals surface area (Å²) >= 11 is 0. The second-order valence-corrected chi connectivity index (χ2v) is 4.87. The Labute approximate surface area is 98.9 Å². The van der Waals surface area contributed by atoms with Crippen LogP contribution in [0.2, 0.25) is 0 Å². The first-order valence-corrected chi connectivity index (χ1v) is 5.19. The van der Waals surface area contributed by atoms with Gasteiger partial charge >= 0.3 is 5.69 Å². The largest absolute Gasteiger partial charge is 0.494 e. The molecule has 6 heteroatoms. The molecule has 0 aliphatic carbocycles. The average Bonchev–Trinajstić information content (AvgIpc) is 2.22. The van der Waals surface area contributed by atoms with Crippen molar-refractivity contribution >= 4 is 6.21 Å². The summed E-state index contributed by atoms with van der Waals surface area (Å²) in [7, 11) is 2.75. The van der Waals surface area contributed by atoms with Gasteiger partial charge < -0.3 is 5.11 Å². The van der Waals surface area contributed by atoms with Crippen LogP contribution in [0.5, 0.6) is 5.88 Å². The lowest BCUT2D eigenvalue weighted by Crippen LogP contribution is -2.38. The molecule has 0 aromatic carbocycles. The molecule has 1 aromatic heterocycles. The van der Waals surface area contributed by atoms with Crippen molar-refractivity contribution in [1.82, 2.24) is 9.13 Å². The summed E-state index contributed by atoms with van der Waals surface area (Å²) < 4.78 is 1.94. The van der Waals surface area contributed by atoms with E-state index in [-0.39, 0.29) is 17.0 Å². The molecule has 0 unspecified atom stereocenters. The van der Waals surface area contributed by atoms with E-state index in [1.54, 1.807) is 0 Å². The van der Waals surface area contributed by atoms with Crippen LogP contribution in [0.4, 0.5) is 0 Å². The van der Waals surface area contributed by atoms with Crippen LogP contribution in [-0.4, -0.2) is 26.0 Å². The molecule has 94 valence electrons. The maximum atomic E-state index is 11.8. The fourth-order valence-corrected chi connectivity index (χ4v) is 1.23. The number of rotatable bonds is 1. The van der Waals surface area contributed by atoms with Crippen molar-refractivity contribution in [3.63, 3.8) is 0 Å². The Morgan fingerprint density at radius 1 is 1.18 bits per heavy atom. The predicted molar refractivity (Wildman–Crippen MR) is 65.9 cm³/mol. The number of hydrogen-bond acceptors (Lipinski definition) is 4. The van der Waals surface area contributed by atoms with Crippen LogP contribution in [0.1, 0.15) is 26.3 Å². The summed E-state index contributed by atoms with van der Waals surface area (Å²) in [6, 6.07) is 0. The maximum Gasteiger partial charge on any atom is 0.333 e. The van der Waals surface area contributed by atoms with E-state index in [0.29, 0.717) is 0 Å². The van der Waals surface area contributed by atoms with Crippen LogP contribution >= 0.6 is 0 Å². The molecule has 0 spiro atoms. The van der Waals surface area contributed by atoms with Crippen molar-refractivity contribution in [3.05, 3.63) is 26.4 Å². The molecule has 0 aliphatic heterocycles. The Kier molecular flexibility index (Phi) is 3.26. The molecule has 0 amide bonds. The van der Waals surface area contributed by atoms with Crippen molar-refractivity contribution in [3.8, 4) is 5.88 Å². The molecule has 0 bridgehead atoms. The molecule has 0 atom stereocenters. The first-order valence-electron chi connectivity index (χ1n) is 5.19. The fourth-order valence-electron chi connectivity index (χ4n) is 1.23. The fraction of sp³-hybridized carbons (Fsp3) is 0.545.